The molecule has 0 radical (unpaired) electrons. The van der Waals surface area contributed by atoms with Crippen molar-refractivity contribution in [1.29, 1.82) is 0 Å². The smallest absolute Gasteiger partial charge is 0.245 e. The molecular formula is C14H25N3OS. The van der Waals surface area contributed by atoms with Gasteiger partial charge in [0, 0.05) is 16.8 Å². The number of hydrogen-bond donors (Lipinski definition) is 2. The summed E-state index contributed by atoms with van der Waals surface area (Å²) >= 11 is 1.76. The van der Waals surface area contributed by atoms with E-state index in [4.69, 9.17) is 0 Å². The predicted molar refractivity (Wildman–Crippen MR) is 81.6 cm³/mol. The maximum atomic E-state index is 12.0. The molecular weight excluding hydrogens is 258 g/mol. The summed E-state index contributed by atoms with van der Waals surface area (Å²) in [6.45, 7) is 7.82. The van der Waals surface area contributed by atoms with Crippen molar-refractivity contribution in [3.63, 3.8) is 0 Å². The maximum absolute atomic E-state index is 12.0. The van der Waals surface area contributed by atoms with E-state index >= 15 is 0 Å². The lowest BCUT2D eigenvalue weighted by atomic mass is 10.0. The first kappa shape index (κ1) is 14.7. The highest BCUT2D eigenvalue weighted by Gasteiger charge is 2.39. The quantitative estimate of drug-likeness (QED) is 0.817. The number of aliphatic imine (C=N–C) groups is 1. The monoisotopic (exact) mass is 283 g/mol. The summed E-state index contributed by atoms with van der Waals surface area (Å²) in [6, 6.07) is -0.328. The van der Waals surface area contributed by atoms with Crippen molar-refractivity contribution in [2.75, 3.05) is 5.75 Å². The molecule has 2 N–H and O–H groups in total. The van der Waals surface area contributed by atoms with Crippen LogP contribution in [0.1, 0.15) is 53.4 Å². The van der Waals surface area contributed by atoms with Crippen molar-refractivity contribution >= 4 is 22.8 Å². The van der Waals surface area contributed by atoms with Gasteiger partial charge in [-0.3, -0.25) is 4.79 Å². The van der Waals surface area contributed by atoms with E-state index in [1.54, 1.807) is 11.8 Å². The highest BCUT2D eigenvalue weighted by atomic mass is 32.2. The van der Waals surface area contributed by atoms with Crippen LogP contribution in [0.25, 0.3) is 0 Å². The van der Waals surface area contributed by atoms with Crippen LogP contribution in [0, 0.1) is 0 Å². The average molecular weight is 283 g/mol. The Morgan fingerprint density at radius 1 is 1.42 bits per heavy atom. The third kappa shape index (κ3) is 3.88. The maximum Gasteiger partial charge on any atom is 0.245 e. The Kier molecular flexibility index (Phi) is 4.14. The molecule has 5 heteroatoms. The second-order valence-electron chi connectivity index (χ2n) is 6.75. The molecule has 1 heterocycles. The van der Waals surface area contributed by atoms with E-state index in [2.05, 4.69) is 15.6 Å². The molecule has 1 aliphatic carbocycles. The number of amides is 1. The molecule has 0 aromatic carbocycles. The molecule has 19 heavy (non-hydrogen) atoms. The molecule has 1 spiro atoms. The van der Waals surface area contributed by atoms with Crippen molar-refractivity contribution in [3.8, 4) is 0 Å². The Labute approximate surface area is 120 Å². The zero-order chi connectivity index (χ0) is 14.1. The van der Waals surface area contributed by atoms with E-state index < -0.39 is 0 Å². The van der Waals surface area contributed by atoms with Crippen molar-refractivity contribution < 1.29 is 4.79 Å². The number of nitrogens with zero attached hydrogens (tertiary/aromatic N) is 1. The standard InChI is InChI=1S/C14H25N3OS/c1-10(11(18)16-13(2,3)4)15-12-17-14(9-19-12)7-5-6-8-14/h10H,5-9H2,1-4H3,(H,15,17)(H,16,18). The fourth-order valence-corrected chi connectivity index (χ4v) is 3.90. The summed E-state index contributed by atoms with van der Waals surface area (Å²) in [6.07, 6.45) is 5.09. The lowest BCUT2D eigenvalue weighted by Crippen LogP contribution is -2.45. The second kappa shape index (κ2) is 5.35. The van der Waals surface area contributed by atoms with Crippen LogP contribution in [-0.4, -0.2) is 33.9 Å². The minimum Gasteiger partial charge on any atom is -0.359 e. The van der Waals surface area contributed by atoms with Gasteiger partial charge in [0.25, 0.3) is 0 Å². The van der Waals surface area contributed by atoms with E-state index in [1.807, 2.05) is 27.7 Å². The Bertz CT molecular complexity index is 381. The highest BCUT2D eigenvalue weighted by Crippen LogP contribution is 2.37. The molecule has 2 aliphatic rings. The van der Waals surface area contributed by atoms with Crippen LogP contribution in [-0.2, 0) is 4.79 Å². The lowest BCUT2D eigenvalue weighted by molar-refractivity contribution is -0.123. The molecule has 0 aromatic rings. The third-order valence-electron chi connectivity index (χ3n) is 3.61. The molecule has 1 unspecified atom stereocenters. The number of hydrogen-bond acceptors (Lipinski definition) is 3. The van der Waals surface area contributed by atoms with Crippen LogP contribution in [0.5, 0.6) is 0 Å². The van der Waals surface area contributed by atoms with Gasteiger partial charge in [-0.05, 0) is 40.5 Å². The van der Waals surface area contributed by atoms with Crippen LogP contribution in [0.15, 0.2) is 4.99 Å². The van der Waals surface area contributed by atoms with Gasteiger partial charge < -0.3 is 10.6 Å². The average Bonchev–Trinajstić information content (AvgIpc) is 2.88. The molecule has 4 nitrogen and oxygen atoms in total. The third-order valence-corrected chi connectivity index (χ3v) is 4.78. The van der Waals surface area contributed by atoms with Crippen LogP contribution < -0.4 is 10.6 Å². The molecule has 2 fully saturated rings. The van der Waals surface area contributed by atoms with Gasteiger partial charge in [-0.15, -0.1) is 0 Å². The predicted octanol–water partition coefficient (Wildman–Crippen LogP) is 2.29. The molecule has 1 aliphatic heterocycles. The number of carbonyl (C=O) groups is 1. The molecule has 0 aromatic heterocycles. The van der Waals surface area contributed by atoms with Gasteiger partial charge in [-0.1, -0.05) is 24.6 Å². The minimum atomic E-state index is -0.328. The van der Waals surface area contributed by atoms with Gasteiger partial charge in [0.1, 0.15) is 6.04 Å². The van der Waals surface area contributed by atoms with Crippen LogP contribution in [0.4, 0.5) is 0 Å². The SMILES string of the molecule is CC(N=C1NC2(CCCC2)CS1)C(=O)NC(C)(C)C. The van der Waals surface area contributed by atoms with E-state index in [0.29, 0.717) is 0 Å². The molecule has 1 atom stereocenters. The van der Waals surface area contributed by atoms with Crippen LogP contribution in [0.2, 0.25) is 0 Å². The molecule has 0 bridgehead atoms. The van der Waals surface area contributed by atoms with Gasteiger partial charge >= 0.3 is 0 Å². The summed E-state index contributed by atoms with van der Waals surface area (Å²) in [4.78, 5) is 16.5. The Hall–Kier alpha value is -0.710. The summed E-state index contributed by atoms with van der Waals surface area (Å²) in [5, 5.41) is 7.46. The summed E-state index contributed by atoms with van der Waals surface area (Å²) in [5.74, 6) is 1.09. The first-order chi connectivity index (χ1) is 8.80. The fraction of sp³-hybridized carbons (Fsp3) is 0.857. The minimum absolute atomic E-state index is 0.00484. The van der Waals surface area contributed by atoms with Crippen molar-refractivity contribution in [2.24, 2.45) is 4.99 Å². The molecule has 1 saturated carbocycles. The fourth-order valence-electron chi connectivity index (χ4n) is 2.60. The largest absolute Gasteiger partial charge is 0.359 e. The van der Waals surface area contributed by atoms with E-state index in [1.165, 1.54) is 25.7 Å². The first-order valence-electron chi connectivity index (χ1n) is 7.11. The van der Waals surface area contributed by atoms with Gasteiger partial charge in [-0.25, -0.2) is 4.99 Å². The summed E-state index contributed by atoms with van der Waals surface area (Å²) < 4.78 is 0. The number of thioether (sulfide) groups is 1. The number of carbonyl (C=O) groups excluding carboxylic acids is 1. The van der Waals surface area contributed by atoms with Crippen LogP contribution >= 0.6 is 11.8 Å². The topological polar surface area (TPSA) is 53.5 Å². The highest BCUT2D eigenvalue weighted by molar-refractivity contribution is 8.14. The second-order valence-corrected chi connectivity index (χ2v) is 7.71. The summed E-state index contributed by atoms with van der Waals surface area (Å²) in [5.41, 5.74) is 0.0676. The zero-order valence-electron chi connectivity index (χ0n) is 12.4. The Morgan fingerprint density at radius 3 is 2.63 bits per heavy atom. The first-order valence-corrected chi connectivity index (χ1v) is 8.09. The van der Waals surface area contributed by atoms with Gasteiger partial charge in [0.05, 0.1) is 0 Å². The molecule has 1 saturated heterocycles. The van der Waals surface area contributed by atoms with Gasteiger partial charge in [0.15, 0.2) is 5.17 Å². The Morgan fingerprint density at radius 2 is 2.05 bits per heavy atom. The van der Waals surface area contributed by atoms with E-state index in [-0.39, 0.29) is 23.0 Å². The van der Waals surface area contributed by atoms with Gasteiger partial charge in [-0.2, -0.15) is 0 Å². The summed E-state index contributed by atoms with van der Waals surface area (Å²) in [7, 11) is 0. The molecule has 2 rings (SSSR count). The number of nitrogens with one attached hydrogen (secondary N) is 2. The van der Waals surface area contributed by atoms with E-state index in [9.17, 15) is 4.79 Å². The van der Waals surface area contributed by atoms with E-state index in [0.717, 1.165) is 10.9 Å². The number of rotatable bonds is 2. The van der Waals surface area contributed by atoms with Crippen LogP contribution in [0.3, 0.4) is 0 Å². The van der Waals surface area contributed by atoms with Crippen molar-refractivity contribution in [2.45, 2.75) is 70.5 Å². The zero-order valence-corrected chi connectivity index (χ0v) is 13.2. The van der Waals surface area contributed by atoms with Gasteiger partial charge in [0.2, 0.25) is 5.91 Å². The van der Waals surface area contributed by atoms with Crippen molar-refractivity contribution in [3.05, 3.63) is 0 Å². The Balaban J connectivity index is 1.93. The normalized spacial score (nSPS) is 25.6. The lowest BCUT2D eigenvalue weighted by Gasteiger charge is -2.23. The number of amidine groups is 1. The molecule has 1 amide bonds. The molecule has 108 valence electrons. The van der Waals surface area contributed by atoms with Crippen molar-refractivity contribution in [1.82, 2.24) is 10.6 Å².